The molecule has 8 nitrogen and oxygen atoms in total. The summed E-state index contributed by atoms with van der Waals surface area (Å²) in [5.41, 5.74) is 1.51. The Labute approximate surface area is 186 Å². The van der Waals surface area contributed by atoms with Crippen molar-refractivity contribution in [1.82, 2.24) is 15.6 Å². The fraction of sp³-hybridized carbons (Fsp3) is 0.455. The fourth-order valence-electron chi connectivity index (χ4n) is 3.35. The van der Waals surface area contributed by atoms with Crippen LogP contribution in [0.5, 0.6) is 11.5 Å². The first-order valence-corrected chi connectivity index (χ1v) is 10.4. The van der Waals surface area contributed by atoms with Crippen LogP contribution in [0, 0.1) is 0 Å². The molecule has 1 unspecified atom stereocenters. The Morgan fingerprint density at radius 1 is 1.28 bits per heavy atom. The monoisotopic (exact) mass is 449 g/mol. The van der Waals surface area contributed by atoms with Crippen molar-refractivity contribution >= 4 is 11.8 Å². The smallest absolute Gasteiger partial charge is 0.387 e. The molecule has 2 aromatic rings. The third-order valence-electron chi connectivity index (χ3n) is 4.99. The summed E-state index contributed by atoms with van der Waals surface area (Å²) >= 11 is 0. The minimum atomic E-state index is -2.91. The number of morpholine rings is 1. The Bertz CT molecular complexity index is 896. The van der Waals surface area contributed by atoms with Gasteiger partial charge in [0.05, 0.1) is 19.8 Å². The van der Waals surface area contributed by atoms with Crippen LogP contribution >= 0.6 is 0 Å². The molecule has 2 N–H and O–H groups in total. The maximum atomic E-state index is 12.7. The van der Waals surface area contributed by atoms with Gasteiger partial charge in [0.1, 0.15) is 17.3 Å². The Morgan fingerprint density at radius 2 is 2.09 bits per heavy atom. The third kappa shape index (κ3) is 6.68. The van der Waals surface area contributed by atoms with E-state index in [9.17, 15) is 8.78 Å². The number of nitrogens with one attached hydrogen (secondary N) is 2. The maximum absolute atomic E-state index is 12.7. The van der Waals surface area contributed by atoms with Crippen molar-refractivity contribution in [3.63, 3.8) is 0 Å². The Morgan fingerprint density at radius 3 is 2.75 bits per heavy atom. The van der Waals surface area contributed by atoms with Crippen LogP contribution in [0.15, 0.2) is 41.5 Å². The predicted molar refractivity (Wildman–Crippen MR) is 119 cm³/mol. The number of hydrogen-bond acceptors (Lipinski definition) is 6. The Hall–Kier alpha value is -3.14. The summed E-state index contributed by atoms with van der Waals surface area (Å²) in [6.45, 7) is 2.23. The van der Waals surface area contributed by atoms with E-state index in [1.807, 2.05) is 18.3 Å². The average Bonchev–Trinajstić information content (AvgIpc) is 2.80. The van der Waals surface area contributed by atoms with Gasteiger partial charge in [0.25, 0.3) is 0 Å². The van der Waals surface area contributed by atoms with E-state index in [2.05, 4.69) is 37.2 Å². The number of nitrogens with zero attached hydrogens (tertiary/aromatic N) is 3. The molecule has 174 valence electrons. The lowest BCUT2D eigenvalue weighted by Crippen LogP contribution is -2.41. The minimum Gasteiger partial charge on any atom is -0.497 e. The van der Waals surface area contributed by atoms with Crippen LogP contribution in [0.25, 0.3) is 0 Å². The average molecular weight is 450 g/mol. The molecule has 0 radical (unpaired) electrons. The molecule has 1 aliphatic rings. The molecule has 2 heterocycles. The van der Waals surface area contributed by atoms with Gasteiger partial charge in [-0.05, 0) is 36.8 Å². The molecule has 1 aliphatic heterocycles. The number of ether oxygens (including phenoxy) is 3. The van der Waals surface area contributed by atoms with E-state index in [1.54, 1.807) is 19.2 Å². The highest BCUT2D eigenvalue weighted by Crippen LogP contribution is 2.25. The molecule has 0 bridgehead atoms. The van der Waals surface area contributed by atoms with E-state index in [0.29, 0.717) is 30.4 Å². The number of anilines is 1. The summed E-state index contributed by atoms with van der Waals surface area (Å²) < 4.78 is 40.7. The summed E-state index contributed by atoms with van der Waals surface area (Å²) in [4.78, 5) is 11.0. The summed E-state index contributed by atoms with van der Waals surface area (Å²) in [5, 5.41) is 6.30. The van der Waals surface area contributed by atoms with E-state index in [1.165, 1.54) is 13.2 Å². The minimum absolute atomic E-state index is 0.0842. The molecular formula is C22H29F2N5O3. The van der Waals surface area contributed by atoms with Gasteiger partial charge in [-0.15, -0.1) is 0 Å². The zero-order valence-corrected chi connectivity index (χ0v) is 18.5. The van der Waals surface area contributed by atoms with Crippen molar-refractivity contribution in [2.45, 2.75) is 32.7 Å². The second-order valence-electron chi connectivity index (χ2n) is 7.28. The molecule has 0 saturated carbocycles. The highest BCUT2D eigenvalue weighted by Gasteiger charge is 2.17. The second kappa shape index (κ2) is 11.5. The van der Waals surface area contributed by atoms with Crippen molar-refractivity contribution in [3.8, 4) is 11.5 Å². The van der Waals surface area contributed by atoms with E-state index in [0.717, 1.165) is 24.5 Å². The van der Waals surface area contributed by atoms with Crippen LogP contribution in [0.4, 0.5) is 14.6 Å². The van der Waals surface area contributed by atoms with E-state index in [-0.39, 0.29) is 18.4 Å². The van der Waals surface area contributed by atoms with Crippen LogP contribution in [-0.2, 0) is 17.8 Å². The van der Waals surface area contributed by atoms with Gasteiger partial charge in [-0.25, -0.2) is 4.98 Å². The van der Waals surface area contributed by atoms with Crippen LogP contribution in [0.2, 0.25) is 0 Å². The molecule has 1 aromatic carbocycles. The molecule has 1 saturated heterocycles. The van der Waals surface area contributed by atoms with Crippen LogP contribution in [0.3, 0.4) is 0 Å². The first-order chi connectivity index (χ1) is 15.5. The highest BCUT2D eigenvalue weighted by molar-refractivity contribution is 5.79. The summed E-state index contributed by atoms with van der Waals surface area (Å²) in [6, 6.07) is 8.69. The van der Waals surface area contributed by atoms with Crippen molar-refractivity contribution in [2.24, 2.45) is 4.99 Å². The van der Waals surface area contributed by atoms with Gasteiger partial charge in [0.15, 0.2) is 5.96 Å². The largest absolute Gasteiger partial charge is 0.497 e. The molecule has 1 atom stereocenters. The highest BCUT2D eigenvalue weighted by atomic mass is 19.3. The number of methoxy groups -OCH3 is 1. The number of alkyl halides is 2. The number of aromatic nitrogens is 1. The van der Waals surface area contributed by atoms with Gasteiger partial charge in [-0.1, -0.05) is 6.07 Å². The number of guanidine groups is 1. The number of aliphatic imine (C=N–C) groups is 1. The number of hydrogen-bond donors (Lipinski definition) is 2. The Kier molecular flexibility index (Phi) is 8.43. The first-order valence-electron chi connectivity index (χ1n) is 10.4. The van der Waals surface area contributed by atoms with E-state index < -0.39 is 6.61 Å². The quantitative estimate of drug-likeness (QED) is 0.474. The second-order valence-corrected chi connectivity index (χ2v) is 7.28. The molecule has 0 spiro atoms. The van der Waals surface area contributed by atoms with Crippen LogP contribution < -0.4 is 25.0 Å². The third-order valence-corrected chi connectivity index (χ3v) is 4.99. The normalized spacial score (nSPS) is 16.8. The summed E-state index contributed by atoms with van der Waals surface area (Å²) in [7, 11) is 3.15. The van der Waals surface area contributed by atoms with E-state index in [4.69, 9.17) is 9.47 Å². The maximum Gasteiger partial charge on any atom is 0.387 e. The molecular weight excluding hydrogens is 420 g/mol. The molecule has 1 aromatic heterocycles. The lowest BCUT2D eigenvalue weighted by Gasteiger charge is -2.32. The van der Waals surface area contributed by atoms with Crippen LogP contribution in [0.1, 0.15) is 18.1 Å². The van der Waals surface area contributed by atoms with Gasteiger partial charge >= 0.3 is 6.61 Å². The molecule has 0 aliphatic carbocycles. The van der Waals surface area contributed by atoms with Gasteiger partial charge in [0.2, 0.25) is 0 Å². The van der Waals surface area contributed by atoms with Crippen molar-refractivity contribution in [2.75, 3.05) is 38.8 Å². The lowest BCUT2D eigenvalue weighted by atomic mass is 10.2. The van der Waals surface area contributed by atoms with Crippen molar-refractivity contribution < 1.29 is 23.0 Å². The molecule has 3 rings (SSSR count). The number of pyridine rings is 1. The molecule has 10 heteroatoms. The van der Waals surface area contributed by atoms with Gasteiger partial charge in [-0.3, -0.25) is 4.99 Å². The van der Waals surface area contributed by atoms with Crippen LogP contribution in [-0.4, -0.2) is 57.5 Å². The van der Waals surface area contributed by atoms with Gasteiger partial charge in [-0.2, -0.15) is 8.78 Å². The van der Waals surface area contributed by atoms with Gasteiger partial charge < -0.3 is 29.7 Å². The van der Waals surface area contributed by atoms with Crippen molar-refractivity contribution in [3.05, 3.63) is 47.7 Å². The van der Waals surface area contributed by atoms with Crippen molar-refractivity contribution in [1.29, 1.82) is 0 Å². The summed E-state index contributed by atoms with van der Waals surface area (Å²) in [5.74, 6) is 2.08. The SMILES string of the molecule is CN=C(NCc1ccc(N2CCOC(C)C2)nc1)NCc1cc(OC)ccc1OC(F)F. The number of rotatable bonds is 8. The standard InChI is InChI=1S/C22H29F2N5O3/c1-15-14-29(8-9-31-15)20-7-4-16(11-26-20)12-27-22(25-2)28-13-17-10-18(30-3)5-6-19(17)32-21(23)24/h4-7,10-11,15,21H,8-9,12-14H2,1-3H3,(H2,25,27,28). The number of halogens is 2. The topological polar surface area (TPSA) is 80.2 Å². The van der Waals surface area contributed by atoms with E-state index >= 15 is 0 Å². The predicted octanol–water partition coefficient (Wildman–Crippen LogP) is 2.78. The van der Waals surface area contributed by atoms with Gasteiger partial charge in [0, 0.05) is 45.0 Å². The fourth-order valence-corrected chi connectivity index (χ4v) is 3.35. The summed E-state index contributed by atoms with van der Waals surface area (Å²) in [6.07, 6.45) is 2.02. The lowest BCUT2D eigenvalue weighted by molar-refractivity contribution is -0.0505. The Balaban J connectivity index is 1.55. The zero-order valence-electron chi connectivity index (χ0n) is 18.5. The zero-order chi connectivity index (χ0) is 22.9. The number of benzene rings is 1. The first kappa shape index (κ1) is 23.5. The molecule has 32 heavy (non-hydrogen) atoms. The molecule has 0 amide bonds. The molecule has 1 fully saturated rings.